The maximum absolute atomic E-state index is 13.5. The SMILES string of the molecule is C[C@H](COC(=O)NCCCn1ccnc1)N(c1cc(Cl)ccc1Cl)S(=O)(=O)c1ccc(Cl)cc1. The Bertz CT molecular complexity index is 1210. The van der Waals surface area contributed by atoms with E-state index in [0.29, 0.717) is 29.6 Å². The maximum atomic E-state index is 13.5. The van der Waals surface area contributed by atoms with E-state index in [2.05, 4.69) is 10.3 Å². The van der Waals surface area contributed by atoms with Crippen LogP contribution in [0.1, 0.15) is 13.3 Å². The Balaban J connectivity index is 1.72. The zero-order chi connectivity index (χ0) is 24.7. The fourth-order valence-electron chi connectivity index (χ4n) is 3.16. The van der Waals surface area contributed by atoms with Gasteiger partial charge >= 0.3 is 6.09 Å². The van der Waals surface area contributed by atoms with Crippen molar-refractivity contribution in [1.29, 1.82) is 0 Å². The average Bonchev–Trinajstić information content (AvgIpc) is 3.31. The predicted molar refractivity (Wildman–Crippen MR) is 133 cm³/mol. The zero-order valence-corrected chi connectivity index (χ0v) is 21.3. The molecule has 0 aliphatic rings. The Morgan fingerprint density at radius 2 is 1.85 bits per heavy atom. The Kier molecular flexibility index (Phi) is 9.07. The molecule has 0 radical (unpaired) electrons. The molecular weight excluding hydrogens is 523 g/mol. The normalized spacial score (nSPS) is 12.2. The number of halogens is 3. The van der Waals surface area contributed by atoms with E-state index in [1.165, 1.54) is 36.4 Å². The van der Waals surface area contributed by atoms with E-state index < -0.39 is 22.2 Å². The number of hydrogen-bond donors (Lipinski definition) is 1. The highest BCUT2D eigenvalue weighted by atomic mass is 35.5. The van der Waals surface area contributed by atoms with E-state index in [9.17, 15) is 13.2 Å². The largest absolute Gasteiger partial charge is 0.447 e. The maximum Gasteiger partial charge on any atom is 0.407 e. The Labute approximate surface area is 213 Å². The number of aromatic nitrogens is 2. The van der Waals surface area contributed by atoms with Crippen LogP contribution < -0.4 is 9.62 Å². The molecule has 8 nitrogen and oxygen atoms in total. The van der Waals surface area contributed by atoms with Gasteiger partial charge in [-0.1, -0.05) is 34.8 Å². The zero-order valence-electron chi connectivity index (χ0n) is 18.2. The molecule has 0 unspecified atom stereocenters. The molecular formula is C22H23Cl3N4O4S. The molecule has 0 spiro atoms. The molecule has 0 saturated heterocycles. The molecule has 0 aliphatic heterocycles. The number of aryl methyl sites for hydroxylation is 1. The lowest BCUT2D eigenvalue weighted by Crippen LogP contribution is -2.42. The number of ether oxygens (including phenoxy) is 1. The molecule has 12 heteroatoms. The lowest BCUT2D eigenvalue weighted by Gasteiger charge is -2.31. The van der Waals surface area contributed by atoms with E-state index in [1.54, 1.807) is 25.5 Å². The van der Waals surface area contributed by atoms with Gasteiger partial charge in [0.05, 0.1) is 28.0 Å². The fourth-order valence-corrected chi connectivity index (χ4v) is 5.37. The molecule has 3 rings (SSSR count). The molecule has 182 valence electrons. The smallest absolute Gasteiger partial charge is 0.407 e. The molecule has 2 aromatic carbocycles. The van der Waals surface area contributed by atoms with Crippen LogP contribution in [0.4, 0.5) is 10.5 Å². The second-order valence-electron chi connectivity index (χ2n) is 7.38. The number of carbonyl (C=O) groups is 1. The predicted octanol–water partition coefficient (Wildman–Crippen LogP) is 5.24. The number of carbonyl (C=O) groups excluding carboxylic acids is 1. The second kappa shape index (κ2) is 11.8. The molecule has 0 saturated carbocycles. The van der Waals surface area contributed by atoms with Gasteiger partial charge in [-0.3, -0.25) is 4.31 Å². The van der Waals surface area contributed by atoms with Gasteiger partial charge in [0.15, 0.2) is 0 Å². The van der Waals surface area contributed by atoms with E-state index >= 15 is 0 Å². The van der Waals surface area contributed by atoms with Crippen LogP contribution in [-0.2, 0) is 21.3 Å². The van der Waals surface area contributed by atoms with Gasteiger partial charge in [0, 0.05) is 35.5 Å². The number of nitrogens with zero attached hydrogens (tertiary/aromatic N) is 3. The molecule has 34 heavy (non-hydrogen) atoms. The minimum Gasteiger partial charge on any atom is -0.447 e. The van der Waals surface area contributed by atoms with Crippen LogP contribution in [0, 0.1) is 0 Å². The molecule has 0 fully saturated rings. The summed E-state index contributed by atoms with van der Waals surface area (Å²) in [6.45, 7) is 2.47. The first-order valence-corrected chi connectivity index (χ1v) is 12.9. The quantitative estimate of drug-likeness (QED) is 0.352. The first-order valence-electron chi connectivity index (χ1n) is 10.3. The molecule has 0 aliphatic carbocycles. The van der Waals surface area contributed by atoms with Crippen molar-refractivity contribution >= 4 is 56.6 Å². The van der Waals surface area contributed by atoms with Gasteiger partial charge in [0.1, 0.15) is 6.61 Å². The number of anilines is 1. The standard InChI is InChI=1S/C22H23Cl3N4O4S/c1-16(14-33-22(30)27-9-2-11-28-12-10-26-15-28)29(21-13-18(24)5-8-20(21)25)34(31,32)19-6-3-17(23)4-7-19/h3-8,10,12-13,15-16H,2,9,11,14H2,1H3,(H,27,30)/t16-/m1/s1. The average molecular weight is 546 g/mol. The number of rotatable bonds is 10. The van der Waals surface area contributed by atoms with E-state index in [0.717, 1.165) is 4.31 Å². The van der Waals surface area contributed by atoms with E-state index in [1.807, 2.05) is 10.8 Å². The van der Waals surface area contributed by atoms with Crippen LogP contribution in [-0.4, -0.2) is 43.3 Å². The van der Waals surface area contributed by atoms with Crippen molar-refractivity contribution in [1.82, 2.24) is 14.9 Å². The van der Waals surface area contributed by atoms with Crippen LogP contribution in [0.2, 0.25) is 15.1 Å². The van der Waals surface area contributed by atoms with Gasteiger partial charge in [-0.2, -0.15) is 0 Å². The number of amides is 1. The van der Waals surface area contributed by atoms with Crippen LogP contribution in [0.25, 0.3) is 0 Å². The number of nitrogens with one attached hydrogen (secondary N) is 1. The Morgan fingerprint density at radius 3 is 2.53 bits per heavy atom. The highest BCUT2D eigenvalue weighted by molar-refractivity contribution is 7.92. The summed E-state index contributed by atoms with van der Waals surface area (Å²) in [6.07, 6.45) is 5.22. The summed E-state index contributed by atoms with van der Waals surface area (Å²) in [4.78, 5) is 16.1. The number of benzene rings is 2. The van der Waals surface area contributed by atoms with Crippen molar-refractivity contribution in [2.45, 2.75) is 30.8 Å². The van der Waals surface area contributed by atoms with Crippen molar-refractivity contribution in [3.63, 3.8) is 0 Å². The topological polar surface area (TPSA) is 93.5 Å². The first kappa shape index (κ1) is 26.2. The van der Waals surface area contributed by atoms with E-state index in [-0.39, 0.29) is 22.2 Å². The molecule has 1 aromatic heterocycles. The minimum atomic E-state index is -4.09. The highest BCUT2D eigenvalue weighted by Crippen LogP contribution is 2.34. The summed E-state index contributed by atoms with van der Waals surface area (Å²) >= 11 is 18.4. The van der Waals surface area contributed by atoms with Crippen molar-refractivity contribution in [2.24, 2.45) is 0 Å². The van der Waals surface area contributed by atoms with Gasteiger partial charge in [-0.05, 0) is 55.8 Å². The summed E-state index contributed by atoms with van der Waals surface area (Å²) in [5.74, 6) is 0. The minimum absolute atomic E-state index is 0.00347. The van der Waals surface area contributed by atoms with Crippen LogP contribution >= 0.6 is 34.8 Å². The lowest BCUT2D eigenvalue weighted by atomic mass is 10.2. The van der Waals surface area contributed by atoms with Crippen LogP contribution in [0.3, 0.4) is 0 Å². The van der Waals surface area contributed by atoms with Gasteiger partial charge in [0.2, 0.25) is 0 Å². The fraction of sp³-hybridized carbons (Fsp3) is 0.273. The van der Waals surface area contributed by atoms with Crippen LogP contribution in [0.5, 0.6) is 0 Å². The third kappa shape index (κ3) is 6.79. The third-order valence-electron chi connectivity index (χ3n) is 4.79. The van der Waals surface area contributed by atoms with Gasteiger partial charge < -0.3 is 14.6 Å². The Morgan fingerprint density at radius 1 is 1.15 bits per heavy atom. The lowest BCUT2D eigenvalue weighted by molar-refractivity contribution is 0.141. The molecule has 1 amide bonds. The highest BCUT2D eigenvalue weighted by Gasteiger charge is 2.32. The molecule has 1 atom stereocenters. The molecule has 3 aromatic rings. The van der Waals surface area contributed by atoms with Crippen molar-refractivity contribution in [3.8, 4) is 0 Å². The van der Waals surface area contributed by atoms with Crippen molar-refractivity contribution in [3.05, 3.63) is 76.3 Å². The number of sulfonamides is 1. The Hall–Kier alpha value is -2.46. The number of imidazole rings is 1. The first-order chi connectivity index (χ1) is 16.2. The monoisotopic (exact) mass is 544 g/mol. The van der Waals surface area contributed by atoms with E-state index in [4.69, 9.17) is 39.5 Å². The third-order valence-corrected chi connectivity index (χ3v) is 7.54. The van der Waals surface area contributed by atoms with Crippen LogP contribution in [0.15, 0.2) is 66.1 Å². The molecule has 1 N–H and O–H groups in total. The van der Waals surface area contributed by atoms with Crippen molar-refractivity contribution in [2.75, 3.05) is 17.5 Å². The van der Waals surface area contributed by atoms with Crippen molar-refractivity contribution < 1.29 is 17.9 Å². The summed E-state index contributed by atoms with van der Waals surface area (Å²) in [5, 5.41) is 3.53. The molecule has 1 heterocycles. The summed E-state index contributed by atoms with van der Waals surface area (Å²) in [6, 6.07) is 9.45. The number of hydrogen-bond acceptors (Lipinski definition) is 5. The molecule has 0 bridgehead atoms. The van der Waals surface area contributed by atoms with Gasteiger partial charge in [0.25, 0.3) is 10.0 Å². The summed E-state index contributed by atoms with van der Waals surface area (Å²) in [7, 11) is -4.09. The summed E-state index contributed by atoms with van der Waals surface area (Å²) < 4.78 is 35.3. The van der Waals surface area contributed by atoms with Gasteiger partial charge in [-0.15, -0.1) is 0 Å². The second-order valence-corrected chi connectivity index (χ2v) is 10.5. The van der Waals surface area contributed by atoms with Gasteiger partial charge in [-0.25, -0.2) is 18.2 Å². The summed E-state index contributed by atoms with van der Waals surface area (Å²) in [5.41, 5.74) is 0.168. The number of alkyl carbamates (subject to hydrolysis) is 1.